The number of carbonyl (C=O) groups is 1. The van der Waals surface area contributed by atoms with Gasteiger partial charge in [-0.05, 0) is 11.8 Å². The lowest BCUT2D eigenvalue weighted by atomic mass is 9.87. The van der Waals surface area contributed by atoms with Crippen LogP contribution in [0.25, 0.3) is 0 Å². The summed E-state index contributed by atoms with van der Waals surface area (Å²) in [4.78, 5) is 11.7. The summed E-state index contributed by atoms with van der Waals surface area (Å²) in [6.07, 6.45) is 4.54. The van der Waals surface area contributed by atoms with Crippen LogP contribution in [0.4, 0.5) is 5.69 Å². The highest BCUT2D eigenvalue weighted by Crippen LogP contribution is 2.21. The lowest BCUT2D eigenvalue weighted by molar-refractivity contribution is -0.116. The number of nitrogens with two attached hydrogens (primary N) is 1. The average molecular weight is 238 g/mol. The van der Waals surface area contributed by atoms with E-state index in [0.29, 0.717) is 12.1 Å². The molecule has 0 fully saturated rings. The maximum atomic E-state index is 11.7. The van der Waals surface area contributed by atoms with Crippen molar-refractivity contribution in [3.05, 3.63) is 12.4 Å². The normalized spacial score (nSPS) is 13.5. The fourth-order valence-corrected chi connectivity index (χ4v) is 1.79. The molecule has 1 aromatic rings. The summed E-state index contributed by atoms with van der Waals surface area (Å²) in [6.45, 7) is 6.35. The van der Waals surface area contributed by atoms with Crippen LogP contribution in [0.3, 0.4) is 0 Å². The Labute approximate surface area is 102 Å². The first-order valence-electron chi connectivity index (χ1n) is 5.80. The molecule has 3 N–H and O–H groups in total. The van der Waals surface area contributed by atoms with Crippen molar-refractivity contribution in [3.8, 4) is 0 Å². The molecule has 0 spiro atoms. The Morgan fingerprint density at radius 1 is 1.59 bits per heavy atom. The largest absolute Gasteiger partial charge is 0.327 e. The molecular formula is C12H22N4O. The van der Waals surface area contributed by atoms with Gasteiger partial charge in [-0.3, -0.25) is 9.48 Å². The standard InChI is InChI=1S/C12H22N4O/c1-12(2,3)6-9(13)5-11(17)15-10-7-14-16(4)8-10/h7-9H,5-6,13H2,1-4H3,(H,15,17). The third-order valence-corrected chi connectivity index (χ3v) is 2.31. The SMILES string of the molecule is Cn1cc(NC(=O)CC(N)CC(C)(C)C)cn1. The van der Waals surface area contributed by atoms with Gasteiger partial charge in [0, 0.05) is 25.7 Å². The van der Waals surface area contributed by atoms with E-state index in [-0.39, 0.29) is 17.4 Å². The van der Waals surface area contributed by atoms with Gasteiger partial charge in [0.05, 0.1) is 11.9 Å². The zero-order chi connectivity index (χ0) is 13.1. The molecule has 5 nitrogen and oxygen atoms in total. The molecule has 0 saturated carbocycles. The van der Waals surface area contributed by atoms with Gasteiger partial charge in [0.2, 0.25) is 5.91 Å². The number of carbonyl (C=O) groups excluding carboxylic acids is 1. The molecule has 1 heterocycles. The Hall–Kier alpha value is -1.36. The molecule has 1 rings (SSSR count). The first-order valence-corrected chi connectivity index (χ1v) is 5.80. The molecule has 0 saturated heterocycles. The number of rotatable bonds is 4. The molecule has 17 heavy (non-hydrogen) atoms. The molecule has 5 heteroatoms. The maximum absolute atomic E-state index is 11.7. The van der Waals surface area contributed by atoms with Gasteiger partial charge in [0.25, 0.3) is 0 Å². The highest BCUT2D eigenvalue weighted by atomic mass is 16.1. The number of hydrogen-bond acceptors (Lipinski definition) is 3. The van der Waals surface area contributed by atoms with E-state index in [1.54, 1.807) is 24.1 Å². The van der Waals surface area contributed by atoms with Gasteiger partial charge in [0.15, 0.2) is 0 Å². The van der Waals surface area contributed by atoms with Crippen LogP contribution in [0, 0.1) is 5.41 Å². The van der Waals surface area contributed by atoms with Crippen molar-refractivity contribution in [1.82, 2.24) is 9.78 Å². The van der Waals surface area contributed by atoms with Gasteiger partial charge in [-0.15, -0.1) is 0 Å². The third kappa shape index (κ3) is 5.49. The Morgan fingerprint density at radius 2 is 2.24 bits per heavy atom. The smallest absolute Gasteiger partial charge is 0.226 e. The molecule has 0 aliphatic rings. The summed E-state index contributed by atoms with van der Waals surface area (Å²) in [5.74, 6) is -0.0604. The molecule has 1 amide bonds. The van der Waals surface area contributed by atoms with E-state index in [4.69, 9.17) is 5.73 Å². The van der Waals surface area contributed by atoms with Crippen LogP contribution >= 0.6 is 0 Å². The van der Waals surface area contributed by atoms with E-state index in [9.17, 15) is 4.79 Å². The molecule has 96 valence electrons. The minimum Gasteiger partial charge on any atom is -0.327 e. The second-order valence-electron chi connectivity index (χ2n) is 5.68. The fraction of sp³-hybridized carbons (Fsp3) is 0.667. The van der Waals surface area contributed by atoms with Crippen molar-refractivity contribution in [2.75, 3.05) is 5.32 Å². The van der Waals surface area contributed by atoms with E-state index in [0.717, 1.165) is 6.42 Å². The van der Waals surface area contributed by atoms with Crippen molar-refractivity contribution in [2.24, 2.45) is 18.2 Å². The molecule has 1 atom stereocenters. The van der Waals surface area contributed by atoms with Crippen LogP contribution in [-0.2, 0) is 11.8 Å². The summed E-state index contributed by atoms with van der Waals surface area (Å²) in [5, 5.41) is 6.76. The summed E-state index contributed by atoms with van der Waals surface area (Å²) in [7, 11) is 1.81. The first-order chi connectivity index (χ1) is 7.76. The molecule has 0 aliphatic carbocycles. The second-order valence-corrected chi connectivity index (χ2v) is 5.68. The maximum Gasteiger partial charge on any atom is 0.226 e. The molecule has 1 aromatic heterocycles. The summed E-state index contributed by atoms with van der Waals surface area (Å²) in [6, 6.07) is -0.105. The number of amides is 1. The van der Waals surface area contributed by atoms with Crippen LogP contribution < -0.4 is 11.1 Å². The second kappa shape index (κ2) is 5.31. The zero-order valence-corrected chi connectivity index (χ0v) is 11.0. The number of anilines is 1. The Kier molecular flexibility index (Phi) is 4.28. The third-order valence-electron chi connectivity index (χ3n) is 2.31. The number of aromatic nitrogens is 2. The van der Waals surface area contributed by atoms with Crippen molar-refractivity contribution < 1.29 is 4.79 Å². The van der Waals surface area contributed by atoms with Crippen LogP contribution in [0.2, 0.25) is 0 Å². The van der Waals surface area contributed by atoms with Crippen molar-refractivity contribution in [1.29, 1.82) is 0 Å². The van der Waals surface area contributed by atoms with Crippen LogP contribution in [0.1, 0.15) is 33.6 Å². The monoisotopic (exact) mass is 238 g/mol. The summed E-state index contributed by atoms with van der Waals surface area (Å²) >= 11 is 0. The number of nitrogens with one attached hydrogen (secondary N) is 1. The van der Waals surface area contributed by atoms with Crippen LogP contribution in [-0.4, -0.2) is 21.7 Å². The van der Waals surface area contributed by atoms with Crippen molar-refractivity contribution >= 4 is 11.6 Å². The van der Waals surface area contributed by atoms with Gasteiger partial charge >= 0.3 is 0 Å². The zero-order valence-electron chi connectivity index (χ0n) is 11.0. The van der Waals surface area contributed by atoms with Gasteiger partial charge in [-0.1, -0.05) is 20.8 Å². The lowest BCUT2D eigenvalue weighted by Crippen LogP contribution is -2.31. The summed E-state index contributed by atoms with van der Waals surface area (Å²) < 4.78 is 1.64. The van der Waals surface area contributed by atoms with E-state index < -0.39 is 0 Å². The van der Waals surface area contributed by atoms with Gasteiger partial charge in [0.1, 0.15) is 0 Å². The van der Waals surface area contributed by atoms with Gasteiger partial charge < -0.3 is 11.1 Å². The molecular weight excluding hydrogens is 216 g/mol. The number of hydrogen-bond donors (Lipinski definition) is 2. The summed E-state index contributed by atoms with van der Waals surface area (Å²) in [5.41, 5.74) is 6.79. The van der Waals surface area contributed by atoms with Crippen LogP contribution in [0.15, 0.2) is 12.4 Å². The highest BCUT2D eigenvalue weighted by molar-refractivity contribution is 5.90. The lowest BCUT2D eigenvalue weighted by Gasteiger charge is -2.22. The van der Waals surface area contributed by atoms with Crippen molar-refractivity contribution in [3.63, 3.8) is 0 Å². The molecule has 0 aromatic carbocycles. The van der Waals surface area contributed by atoms with E-state index >= 15 is 0 Å². The van der Waals surface area contributed by atoms with Crippen LogP contribution in [0.5, 0.6) is 0 Å². The van der Waals surface area contributed by atoms with E-state index in [1.807, 2.05) is 0 Å². The predicted octanol–water partition coefficient (Wildman–Crippen LogP) is 1.51. The number of nitrogens with zero attached hydrogens (tertiary/aromatic N) is 2. The fourth-order valence-electron chi connectivity index (χ4n) is 1.79. The Bertz CT molecular complexity index is 378. The Morgan fingerprint density at radius 3 is 2.71 bits per heavy atom. The van der Waals surface area contributed by atoms with Gasteiger partial charge in [-0.25, -0.2) is 0 Å². The van der Waals surface area contributed by atoms with E-state index in [1.165, 1.54) is 0 Å². The topological polar surface area (TPSA) is 72.9 Å². The minimum atomic E-state index is -0.105. The molecule has 0 bridgehead atoms. The number of aryl methyl sites for hydroxylation is 1. The quantitative estimate of drug-likeness (QED) is 0.835. The molecule has 0 aliphatic heterocycles. The highest BCUT2D eigenvalue weighted by Gasteiger charge is 2.18. The molecule has 0 radical (unpaired) electrons. The first kappa shape index (κ1) is 13.7. The average Bonchev–Trinajstić information content (AvgIpc) is 2.46. The minimum absolute atomic E-state index is 0.0604. The Balaban J connectivity index is 2.39. The van der Waals surface area contributed by atoms with E-state index in [2.05, 4.69) is 31.2 Å². The molecule has 1 unspecified atom stereocenters. The van der Waals surface area contributed by atoms with Gasteiger partial charge in [-0.2, -0.15) is 5.10 Å². The predicted molar refractivity (Wildman–Crippen MR) is 68.5 cm³/mol. The van der Waals surface area contributed by atoms with Crippen molar-refractivity contribution in [2.45, 2.75) is 39.7 Å².